The predicted octanol–water partition coefficient (Wildman–Crippen LogP) is 2.13. The molecule has 1 heterocycles. The monoisotopic (exact) mass is 282 g/mol. The summed E-state index contributed by atoms with van der Waals surface area (Å²) in [6, 6.07) is 4.77. The molecule has 1 aromatic heterocycles. The summed E-state index contributed by atoms with van der Waals surface area (Å²) in [5.41, 5.74) is 5.91. The largest absolute Gasteiger partial charge is 0.393 e. The van der Waals surface area contributed by atoms with Crippen LogP contribution >= 0.6 is 15.9 Å². The lowest BCUT2D eigenvalue weighted by Crippen LogP contribution is -2.04. The average molecular weight is 283 g/mol. The molecule has 0 saturated carbocycles. The molecule has 7 heteroatoms. The minimum Gasteiger partial charge on any atom is -0.393 e. The van der Waals surface area contributed by atoms with Gasteiger partial charge in [-0.3, -0.25) is 10.1 Å². The Labute approximate surface area is 99.0 Å². The Morgan fingerprint density at radius 1 is 1.50 bits per heavy atom. The maximum atomic E-state index is 10.9. The van der Waals surface area contributed by atoms with Gasteiger partial charge in [0.25, 0.3) is 0 Å². The fourth-order valence-corrected chi connectivity index (χ4v) is 1.85. The molecule has 0 saturated heterocycles. The van der Waals surface area contributed by atoms with Gasteiger partial charge in [-0.1, -0.05) is 15.9 Å². The summed E-state index contributed by atoms with van der Waals surface area (Å²) in [5.74, 6) is 0. The molecule has 16 heavy (non-hydrogen) atoms. The fraction of sp³-hybridized carbons (Fsp3) is 0. The van der Waals surface area contributed by atoms with Crippen molar-refractivity contribution in [2.24, 2.45) is 0 Å². The number of anilines is 1. The molecule has 0 spiro atoms. The molecule has 0 atom stereocenters. The molecule has 0 aliphatic heterocycles. The first-order valence-corrected chi connectivity index (χ1v) is 5.12. The van der Waals surface area contributed by atoms with Gasteiger partial charge in [-0.25, -0.2) is 4.68 Å². The molecule has 0 aliphatic rings. The third kappa shape index (κ3) is 1.76. The van der Waals surface area contributed by atoms with Crippen LogP contribution in [0.5, 0.6) is 0 Å². The van der Waals surface area contributed by atoms with E-state index in [1.165, 1.54) is 10.7 Å². The number of halogens is 1. The standard InChI is InChI=1S/C9H7BrN4O2/c10-6-4-7(11)9(14(15)16)8(5-6)13-3-1-2-12-13/h1-5H,11H2. The van der Waals surface area contributed by atoms with E-state index in [1.807, 2.05) is 0 Å². The second-order valence-electron chi connectivity index (χ2n) is 3.07. The maximum absolute atomic E-state index is 10.9. The minimum absolute atomic E-state index is 0.102. The topological polar surface area (TPSA) is 87.0 Å². The van der Waals surface area contributed by atoms with Gasteiger partial charge in [0.2, 0.25) is 0 Å². The Balaban J connectivity index is 2.72. The van der Waals surface area contributed by atoms with Gasteiger partial charge in [0.05, 0.1) is 4.92 Å². The van der Waals surface area contributed by atoms with E-state index < -0.39 is 4.92 Å². The third-order valence-electron chi connectivity index (χ3n) is 2.02. The van der Waals surface area contributed by atoms with Gasteiger partial charge < -0.3 is 5.73 Å². The summed E-state index contributed by atoms with van der Waals surface area (Å²) in [6.45, 7) is 0. The number of nitrogens with two attached hydrogens (primary N) is 1. The van der Waals surface area contributed by atoms with E-state index >= 15 is 0 Å². The Bertz CT molecular complexity index is 539. The van der Waals surface area contributed by atoms with Crippen LogP contribution in [0.15, 0.2) is 35.1 Å². The van der Waals surface area contributed by atoms with Crippen molar-refractivity contribution in [1.29, 1.82) is 0 Å². The van der Waals surface area contributed by atoms with Crippen LogP contribution in [0.25, 0.3) is 5.69 Å². The Morgan fingerprint density at radius 3 is 2.81 bits per heavy atom. The molecule has 0 aliphatic carbocycles. The normalized spacial score (nSPS) is 10.3. The molecule has 0 amide bonds. The van der Waals surface area contributed by atoms with E-state index in [0.717, 1.165) is 0 Å². The lowest BCUT2D eigenvalue weighted by atomic mass is 10.2. The van der Waals surface area contributed by atoms with Crippen molar-refractivity contribution in [1.82, 2.24) is 9.78 Å². The highest BCUT2D eigenvalue weighted by Gasteiger charge is 2.20. The molecule has 6 nitrogen and oxygen atoms in total. The molecule has 0 fully saturated rings. The first kappa shape index (κ1) is 10.6. The van der Waals surface area contributed by atoms with Gasteiger partial charge in [0.15, 0.2) is 0 Å². The van der Waals surface area contributed by atoms with Crippen LogP contribution in [0.3, 0.4) is 0 Å². The van der Waals surface area contributed by atoms with Gasteiger partial charge in [-0.15, -0.1) is 0 Å². The lowest BCUT2D eigenvalue weighted by Gasteiger charge is -2.06. The number of hydrogen-bond donors (Lipinski definition) is 1. The van der Waals surface area contributed by atoms with Crippen LogP contribution in [0.2, 0.25) is 0 Å². The molecule has 2 N–H and O–H groups in total. The van der Waals surface area contributed by atoms with Crippen LogP contribution in [-0.4, -0.2) is 14.7 Å². The summed E-state index contributed by atoms with van der Waals surface area (Å²) < 4.78 is 2.07. The van der Waals surface area contributed by atoms with Crippen molar-refractivity contribution in [2.45, 2.75) is 0 Å². The molecule has 2 rings (SSSR count). The fourth-order valence-electron chi connectivity index (χ4n) is 1.39. The molecule has 0 bridgehead atoms. The van der Waals surface area contributed by atoms with Crippen molar-refractivity contribution in [3.8, 4) is 5.69 Å². The maximum Gasteiger partial charge on any atom is 0.317 e. The average Bonchev–Trinajstić information content (AvgIpc) is 2.67. The number of benzene rings is 1. The molecule has 1 aromatic carbocycles. The number of hydrogen-bond acceptors (Lipinski definition) is 4. The van der Waals surface area contributed by atoms with E-state index in [2.05, 4.69) is 21.0 Å². The number of aromatic nitrogens is 2. The number of nitrogen functional groups attached to an aromatic ring is 1. The van der Waals surface area contributed by atoms with Gasteiger partial charge in [-0.2, -0.15) is 5.10 Å². The lowest BCUT2D eigenvalue weighted by molar-refractivity contribution is -0.383. The number of nitro benzene ring substituents is 1. The predicted molar refractivity (Wildman–Crippen MR) is 62.3 cm³/mol. The van der Waals surface area contributed by atoms with Gasteiger partial charge >= 0.3 is 5.69 Å². The van der Waals surface area contributed by atoms with Gasteiger partial charge in [0.1, 0.15) is 11.4 Å². The van der Waals surface area contributed by atoms with Crippen LogP contribution in [0.4, 0.5) is 11.4 Å². The summed E-state index contributed by atoms with van der Waals surface area (Å²) in [6.07, 6.45) is 3.16. The number of nitrogens with zero attached hydrogens (tertiary/aromatic N) is 3. The molecule has 82 valence electrons. The van der Waals surface area contributed by atoms with Crippen LogP contribution < -0.4 is 5.73 Å². The van der Waals surface area contributed by atoms with E-state index in [0.29, 0.717) is 10.2 Å². The van der Waals surface area contributed by atoms with E-state index in [1.54, 1.807) is 24.5 Å². The van der Waals surface area contributed by atoms with Crippen LogP contribution in [0, 0.1) is 10.1 Å². The highest BCUT2D eigenvalue weighted by Crippen LogP contribution is 2.32. The Hall–Kier alpha value is -1.89. The Kier molecular flexibility index (Phi) is 2.61. The second kappa shape index (κ2) is 3.93. The van der Waals surface area contributed by atoms with Crippen LogP contribution in [-0.2, 0) is 0 Å². The summed E-state index contributed by atoms with van der Waals surface area (Å²) >= 11 is 3.24. The molecular weight excluding hydrogens is 276 g/mol. The SMILES string of the molecule is Nc1cc(Br)cc(-n2cccn2)c1[N+](=O)[O-]. The van der Waals surface area contributed by atoms with Gasteiger partial charge in [-0.05, 0) is 18.2 Å². The van der Waals surface area contributed by atoms with Gasteiger partial charge in [0, 0.05) is 16.9 Å². The highest BCUT2D eigenvalue weighted by atomic mass is 79.9. The van der Waals surface area contributed by atoms with E-state index in [9.17, 15) is 10.1 Å². The quantitative estimate of drug-likeness (QED) is 0.519. The van der Waals surface area contributed by atoms with Crippen LogP contribution in [0.1, 0.15) is 0 Å². The third-order valence-corrected chi connectivity index (χ3v) is 2.48. The van der Waals surface area contributed by atoms with Crippen molar-refractivity contribution in [3.05, 3.63) is 45.2 Å². The Morgan fingerprint density at radius 2 is 2.25 bits per heavy atom. The van der Waals surface area contributed by atoms with Crippen molar-refractivity contribution in [2.75, 3.05) is 5.73 Å². The molecule has 0 unspecified atom stereocenters. The van der Waals surface area contributed by atoms with Crippen molar-refractivity contribution >= 4 is 27.3 Å². The zero-order valence-corrected chi connectivity index (χ0v) is 9.59. The summed E-state index contributed by atoms with van der Waals surface area (Å²) in [4.78, 5) is 10.4. The highest BCUT2D eigenvalue weighted by molar-refractivity contribution is 9.10. The minimum atomic E-state index is -0.515. The number of nitro groups is 1. The zero-order chi connectivity index (χ0) is 11.7. The summed E-state index contributed by atoms with van der Waals surface area (Å²) in [5, 5.41) is 14.9. The molecule has 2 aromatic rings. The smallest absolute Gasteiger partial charge is 0.317 e. The van der Waals surface area contributed by atoms with Crippen molar-refractivity contribution in [3.63, 3.8) is 0 Å². The first-order chi connectivity index (χ1) is 7.59. The van der Waals surface area contributed by atoms with Crippen molar-refractivity contribution < 1.29 is 4.92 Å². The zero-order valence-electron chi connectivity index (χ0n) is 8.00. The van der Waals surface area contributed by atoms with E-state index in [-0.39, 0.29) is 11.4 Å². The number of rotatable bonds is 2. The first-order valence-electron chi connectivity index (χ1n) is 4.33. The summed E-state index contributed by atoms with van der Waals surface area (Å²) in [7, 11) is 0. The molecule has 0 radical (unpaired) electrons. The van der Waals surface area contributed by atoms with E-state index in [4.69, 9.17) is 5.73 Å². The second-order valence-corrected chi connectivity index (χ2v) is 3.99. The molecular formula is C9H7BrN4O2.